The molecule has 23 heavy (non-hydrogen) atoms. The van der Waals surface area contributed by atoms with Gasteiger partial charge in [-0.3, -0.25) is 14.7 Å². The van der Waals surface area contributed by atoms with Crippen LogP contribution < -0.4 is 0 Å². The summed E-state index contributed by atoms with van der Waals surface area (Å²) in [6.07, 6.45) is 1.32. The van der Waals surface area contributed by atoms with Crippen LogP contribution in [0.1, 0.15) is 23.3 Å². The van der Waals surface area contributed by atoms with Crippen molar-refractivity contribution >= 4 is 27.8 Å². The topological polar surface area (TPSA) is 86.3 Å². The molecule has 0 aliphatic carbocycles. The van der Waals surface area contributed by atoms with E-state index >= 15 is 0 Å². The first-order valence-electron chi connectivity index (χ1n) is 7.38. The van der Waals surface area contributed by atoms with E-state index in [1.165, 1.54) is 0 Å². The number of benzene rings is 1. The summed E-state index contributed by atoms with van der Waals surface area (Å²) in [5.74, 6) is -1.53. The van der Waals surface area contributed by atoms with Crippen molar-refractivity contribution in [1.82, 2.24) is 15.1 Å². The van der Waals surface area contributed by atoms with Gasteiger partial charge in [0.2, 0.25) is 0 Å². The van der Waals surface area contributed by atoms with Crippen molar-refractivity contribution in [2.45, 2.75) is 12.8 Å². The van der Waals surface area contributed by atoms with Crippen molar-refractivity contribution in [2.75, 3.05) is 13.1 Å². The predicted octanol–water partition coefficient (Wildman–Crippen LogP) is 2.78. The number of nitrogens with one attached hydrogen (secondary N) is 1. The number of piperidine rings is 1. The Bertz CT molecular complexity index is 726. The number of amides is 1. The molecule has 1 aliphatic rings. The fraction of sp³-hybridized carbons (Fsp3) is 0.312. The largest absolute Gasteiger partial charge is 0.481 e. The zero-order valence-corrected chi connectivity index (χ0v) is 13.9. The highest BCUT2D eigenvalue weighted by atomic mass is 79.9. The minimum absolute atomic E-state index is 0.202. The van der Waals surface area contributed by atoms with E-state index in [1.807, 2.05) is 24.3 Å². The number of likely N-dealkylation sites (tertiary alicyclic amines) is 1. The lowest BCUT2D eigenvalue weighted by atomic mass is 9.98. The molecule has 1 saturated heterocycles. The standard InChI is InChI=1S/C16H16BrN3O3/c17-12-5-3-10(4-6-12)13-8-14(19-18-13)15(21)20-7-1-2-11(9-20)16(22)23/h3-6,8,11H,1-2,7,9H2,(H,18,19)(H,22,23)/t11-/m0/s1. The number of H-pyrrole nitrogens is 1. The molecule has 0 saturated carbocycles. The second-order valence-corrected chi connectivity index (χ2v) is 6.52. The van der Waals surface area contributed by atoms with Crippen LogP contribution in [0.3, 0.4) is 0 Å². The van der Waals surface area contributed by atoms with Crippen LogP contribution in [0, 0.1) is 5.92 Å². The van der Waals surface area contributed by atoms with Gasteiger partial charge in [-0.15, -0.1) is 0 Å². The van der Waals surface area contributed by atoms with Crippen molar-refractivity contribution in [2.24, 2.45) is 5.92 Å². The van der Waals surface area contributed by atoms with Gasteiger partial charge in [-0.2, -0.15) is 5.10 Å². The third kappa shape index (κ3) is 3.44. The highest BCUT2D eigenvalue weighted by molar-refractivity contribution is 9.10. The monoisotopic (exact) mass is 377 g/mol. The Hall–Kier alpha value is -2.15. The van der Waals surface area contributed by atoms with Crippen LogP contribution in [-0.4, -0.2) is 45.2 Å². The Balaban J connectivity index is 1.75. The number of aromatic amines is 1. The van der Waals surface area contributed by atoms with E-state index in [1.54, 1.807) is 11.0 Å². The fourth-order valence-corrected chi connectivity index (χ4v) is 3.00. The fourth-order valence-electron chi connectivity index (χ4n) is 2.73. The first kappa shape index (κ1) is 15.7. The van der Waals surface area contributed by atoms with Gasteiger partial charge < -0.3 is 10.0 Å². The molecular formula is C16H16BrN3O3. The average molecular weight is 378 g/mol. The lowest BCUT2D eigenvalue weighted by Crippen LogP contribution is -2.42. The normalized spacial score (nSPS) is 18.0. The van der Waals surface area contributed by atoms with Gasteiger partial charge in [0.25, 0.3) is 5.91 Å². The maximum absolute atomic E-state index is 12.5. The average Bonchev–Trinajstić information content (AvgIpc) is 3.05. The number of carbonyl (C=O) groups is 2. The number of hydrogen-bond acceptors (Lipinski definition) is 3. The summed E-state index contributed by atoms with van der Waals surface area (Å²) in [6, 6.07) is 9.35. The number of nitrogens with zero attached hydrogens (tertiary/aromatic N) is 2. The highest BCUT2D eigenvalue weighted by Gasteiger charge is 2.29. The van der Waals surface area contributed by atoms with Gasteiger partial charge >= 0.3 is 5.97 Å². The maximum Gasteiger partial charge on any atom is 0.308 e. The summed E-state index contributed by atoms with van der Waals surface area (Å²) in [4.78, 5) is 25.2. The van der Waals surface area contributed by atoms with Crippen LogP contribution in [-0.2, 0) is 4.79 Å². The molecule has 120 valence electrons. The molecule has 1 amide bonds. The molecule has 7 heteroatoms. The number of halogens is 1. The molecule has 1 fully saturated rings. The van der Waals surface area contributed by atoms with E-state index in [0.717, 1.165) is 10.0 Å². The molecule has 2 heterocycles. The number of aliphatic carboxylic acids is 1. The van der Waals surface area contributed by atoms with Gasteiger partial charge in [0.1, 0.15) is 5.69 Å². The molecule has 1 aromatic carbocycles. The van der Waals surface area contributed by atoms with E-state index in [-0.39, 0.29) is 12.5 Å². The van der Waals surface area contributed by atoms with Crippen molar-refractivity contribution in [3.05, 3.63) is 40.5 Å². The summed E-state index contributed by atoms with van der Waals surface area (Å²) in [6.45, 7) is 0.829. The third-order valence-corrected chi connectivity index (χ3v) is 4.53. The molecule has 2 N–H and O–H groups in total. The number of carbonyl (C=O) groups excluding carboxylic acids is 1. The van der Waals surface area contributed by atoms with Gasteiger partial charge in [0.15, 0.2) is 0 Å². The molecule has 1 aliphatic heterocycles. The van der Waals surface area contributed by atoms with Crippen LogP contribution in [0.5, 0.6) is 0 Å². The minimum atomic E-state index is -0.845. The van der Waals surface area contributed by atoms with Gasteiger partial charge in [-0.25, -0.2) is 0 Å². The summed E-state index contributed by atoms with van der Waals surface area (Å²) >= 11 is 3.38. The molecule has 2 aromatic rings. The van der Waals surface area contributed by atoms with Crippen molar-refractivity contribution in [3.8, 4) is 11.3 Å². The second kappa shape index (κ2) is 6.54. The molecule has 6 nitrogen and oxygen atoms in total. The van der Waals surface area contributed by atoms with Crippen LogP contribution >= 0.6 is 15.9 Å². The highest BCUT2D eigenvalue weighted by Crippen LogP contribution is 2.22. The van der Waals surface area contributed by atoms with Crippen molar-refractivity contribution in [1.29, 1.82) is 0 Å². The maximum atomic E-state index is 12.5. The predicted molar refractivity (Wildman–Crippen MR) is 88.0 cm³/mol. The van der Waals surface area contributed by atoms with Crippen molar-refractivity contribution < 1.29 is 14.7 Å². The third-order valence-electron chi connectivity index (χ3n) is 4.01. The molecule has 0 radical (unpaired) electrons. The molecule has 0 spiro atoms. The van der Waals surface area contributed by atoms with Crippen LogP contribution in [0.15, 0.2) is 34.8 Å². The smallest absolute Gasteiger partial charge is 0.308 e. The van der Waals surface area contributed by atoms with Crippen LogP contribution in [0.25, 0.3) is 11.3 Å². The molecule has 0 bridgehead atoms. The number of rotatable bonds is 3. The Morgan fingerprint density at radius 2 is 2.04 bits per heavy atom. The molecule has 1 aromatic heterocycles. The van der Waals surface area contributed by atoms with E-state index in [2.05, 4.69) is 26.1 Å². The Labute approximate surface area is 141 Å². The zero-order chi connectivity index (χ0) is 16.4. The van der Waals surface area contributed by atoms with Gasteiger partial charge in [-0.05, 0) is 31.0 Å². The summed E-state index contributed by atoms with van der Waals surface area (Å²) < 4.78 is 0.973. The lowest BCUT2D eigenvalue weighted by Gasteiger charge is -2.30. The number of carboxylic acids is 1. The van der Waals surface area contributed by atoms with E-state index in [0.29, 0.717) is 30.8 Å². The van der Waals surface area contributed by atoms with Crippen LogP contribution in [0.4, 0.5) is 0 Å². The first-order valence-corrected chi connectivity index (χ1v) is 8.17. The Kier molecular flexibility index (Phi) is 4.47. The van der Waals surface area contributed by atoms with Crippen molar-refractivity contribution in [3.63, 3.8) is 0 Å². The van der Waals surface area contributed by atoms with E-state index in [9.17, 15) is 9.59 Å². The summed E-state index contributed by atoms with van der Waals surface area (Å²) in [5.41, 5.74) is 1.98. The molecular weight excluding hydrogens is 362 g/mol. The zero-order valence-electron chi connectivity index (χ0n) is 12.3. The minimum Gasteiger partial charge on any atom is -0.481 e. The van der Waals surface area contributed by atoms with Crippen LogP contribution in [0.2, 0.25) is 0 Å². The van der Waals surface area contributed by atoms with Gasteiger partial charge in [0.05, 0.1) is 11.6 Å². The van der Waals surface area contributed by atoms with Gasteiger partial charge in [-0.1, -0.05) is 28.1 Å². The lowest BCUT2D eigenvalue weighted by molar-refractivity contribution is -0.143. The number of carboxylic acid groups (broad SMARTS) is 1. The summed E-state index contributed by atoms with van der Waals surface area (Å²) in [5, 5.41) is 16.1. The Morgan fingerprint density at radius 1 is 1.30 bits per heavy atom. The molecule has 3 rings (SSSR count). The van der Waals surface area contributed by atoms with E-state index in [4.69, 9.17) is 5.11 Å². The van der Waals surface area contributed by atoms with Gasteiger partial charge in [0, 0.05) is 23.1 Å². The quantitative estimate of drug-likeness (QED) is 0.860. The second-order valence-electron chi connectivity index (χ2n) is 5.60. The Morgan fingerprint density at radius 3 is 2.74 bits per heavy atom. The van der Waals surface area contributed by atoms with E-state index < -0.39 is 11.9 Å². The molecule has 1 atom stereocenters. The SMILES string of the molecule is O=C(O)[C@H]1CCCN(C(=O)c2cc(-c3ccc(Br)cc3)n[nH]2)C1. The first-order chi connectivity index (χ1) is 11.0. The molecule has 0 unspecified atom stereocenters. The number of aromatic nitrogens is 2. The number of hydrogen-bond donors (Lipinski definition) is 2. The summed E-state index contributed by atoms with van der Waals surface area (Å²) in [7, 11) is 0.